The lowest BCUT2D eigenvalue weighted by atomic mass is 9.72. The number of carbonyl (C=O) groups is 1. The predicted molar refractivity (Wildman–Crippen MR) is 88.0 cm³/mol. The van der Waals surface area contributed by atoms with E-state index < -0.39 is 0 Å². The Kier molecular flexibility index (Phi) is 4.46. The van der Waals surface area contributed by atoms with E-state index in [0.29, 0.717) is 5.91 Å². The zero-order valence-electron chi connectivity index (χ0n) is 14.0. The molecular weight excluding hydrogens is 290 g/mol. The van der Waals surface area contributed by atoms with E-state index in [1.54, 1.807) is 0 Å². The molecule has 0 radical (unpaired) electrons. The molecule has 4 aliphatic rings. The SMILES string of the molecule is O=C(C1CC=CC1)N1CC[C@@H]2OCCC[C@@]2(COCC2CC2)C1. The number of likely N-dealkylation sites (tertiary alicyclic amines) is 1. The minimum atomic E-state index is 0.0348. The second-order valence-corrected chi connectivity index (χ2v) is 7.97. The van der Waals surface area contributed by atoms with Crippen molar-refractivity contribution in [3.8, 4) is 0 Å². The van der Waals surface area contributed by atoms with E-state index in [9.17, 15) is 4.79 Å². The number of hydrogen-bond donors (Lipinski definition) is 0. The van der Waals surface area contributed by atoms with Gasteiger partial charge in [-0.15, -0.1) is 0 Å². The molecular formula is C19H29NO3. The Morgan fingerprint density at radius 2 is 2.09 bits per heavy atom. The topological polar surface area (TPSA) is 38.8 Å². The minimum Gasteiger partial charge on any atom is -0.380 e. The largest absolute Gasteiger partial charge is 0.380 e. The molecule has 2 heterocycles. The van der Waals surface area contributed by atoms with Crippen molar-refractivity contribution in [2.45, 2.75) is 51.0 Å². The molecule has 3 fully saturated rings. The second kappa shape index (κ2) is 6.56. The monoisotopic (exact) mass is 319 g/mol. The van der Waals surface area contributed by atoms with Gasteiger partial charge in [0, 0.05) is 37.6 Å². The minimum absolute atomic E-state index is 0.0348. The van der Waals surface area contributed by atoms with Gasteiger partial charge in [0.1, 0.15) is 0 Å². The third-order valence-electron chi connectivity index (χ3n) is 6.10. The van der Waals surface area contributed by atoms with Crippen molar-refractivity contribution in [3.63, 3.8) is 0 Å². The molecule has 23 heavy (non-hydrogen) atoms. The van der Waals surface area contributed by atoms with E-state index in [1.165, 1.54) is 12.8 Å². The van der Waals surface area contributed by atoms with Gasteiger partial charge in [0.15, 0.2) is 0 Å². The molecule has 0 aromatic heterocycles. The van der Waals surface area contributed by atoms with Gasteiger partial charge in [-0.05, 0) is 50.9 Å². The number of amides is 1. The maximum Gasteiger partial charge on any atom is 0.226 e. The van der Waals surface area contributed by atoms with Crippen molar-refractivity contribution in [1.82, 2.24) is 4.90 Å². The number of hydrogen-bond acceptors (Lipinski definition) is 3. The molecule has 2 atom stereocenters. The average molecular weight is 319 g/mol. The Labute approximate surface area is 139 Å². The Morgan fingerprint density at radius 1 is 1.26 bits per heavy atom. The first-order valence-electron chi connectivity index (χ1n) is 9.40. The van der Waals surface area contributed by atoms with Crippen LogP contribution in [0.25, 0.3) is 0 Å². The highest BCUT2D eigenvalue weighted by atomic mass is 16.5. The van der Waals surface area contributed by atoms with Crippen molar-refractivity contribution in [2.24, 2.45) is 17.3 Å². The van der Waals surface area contributed by atoms with Crippen molar-refractivity contribution in [3.05, 3.63) is 12.2 Å². The lowest BCUT2D eigenvalue weighted by molar-refractivity contribution is -0.167. The quantitative estimate of drug-likeness (QED) is 0.732. The summed E-state index contributed by atoms with van der Waals surface area (Å²) in [6, 6.07) is 0. The lowest BCUT2D eigenvalue weighted by Gasteiger charge is -2.50. The van der Waals surface area contributed by atoms with Gasteiger partial charge in [-0.1, -0.05) is 12.2 Å². The summed E-state index contributed by atoms with van der Waals surface area (Å²) < 4.78 is 12.2. The lowest BCUT2D eigenvalue weighted by Crippen LogP contribution is -2.58. The average Bonchev–Trinajstić information content (AvgIpc) is 3.24. The highest BCUT2D eigenvalue weighted by Gasteiger charge is 2.48. The summed E-state index contributed by atoms with van der Waals surface area (Å²) in [5.74, 6) is 1.32. The Hall–Kier alpha value is -0.870. The highest BCUT2D eigenvalue weighted by Crippen LogP contribution is 2.41. The number of rotatable bonds is 5. The van der Waals surface area contributed by atoms with E-state index in [4.69, 9.17) is 9.47 Å². The summed E-state index contributed by atoms with van der Waals surface area (Å²) in [7, 11) is 0. The van der Waals surface area contributed by atoms with Crippen LogP contribution >= 0.6 is 0 Å². The zero-order chi connectivity index (χ0) is 15.7. The fraction of sp³-hybridized carbons (Fsp3) is 0.842. The van der Waals surface area contributed by atoms with Gasteiger partial charge in [-0.25, -0.2) is 0 Å². The number of allylic oxidation sites excluding steroid dienone is 2. The van der Waals surface area contributed by atoms with Crippen LogP contribution in [-0.2, 0) is 14.3 Å². The first kappa shape index (κ1) is 15.6. The van der Waals surface area contributed by atoms with Gasteiger partial charge >= 0.3 is 0 Å². The van der Waals surface area contributed by atoms with Gasteiger partial charge in [0.05, 0.1) is 12.7 Å². The van der Waals surface area contributed by atoms with Crippen LogP contribution < -0.4 is 0 Å². The van der Waals surface area contributed by atoms with Crippen molar-refractivity contribution in [1.29, 1.82) is 0 Å². The summed E-state index contributed by atoms with van der Waals surface area (Å²) in [5, 5.41) is 0. The summed E-state index contributed by atoms with van der Waals surface area (Å²) in [4.78, 5) is 14.9. The molecule has 4 nitrogen and oxygen atoms in total. The smallest absolute Gasteiger partial charge is 0.226 e. The van der Waals surface area contributed by atoms with E-state index in [0.717, 1.165) is 70.9 Å². The van der Waals surface area contributed by atoms with Crippen LogP contribution in [-0.4, -0.2) is 49.8 Å². The number of piperidine rings is 1. The number of carbonyl (C=O) groups excluding carboxylic acids is 1. The number of fused-ring (bicyclic) bond motifs is 1. The molecule has 1 saturated carbocycles. The fourth-order valence-electron chi connectivity index (χ4n) is 4.48. The molecule has 0 unspecified atom stereocenters. The first-order chi connectivity index (χ1) is 11.3. The van der Waals surface area contributed by atoms with E-state index >= 15 is 0 Å². The molecule has 0 aromatic carbocycles. The third kappa shape index (κ3) is 3.34. The maximum absolute atomic E-state index is 12.8. The summed E-state index contributed by atoms with van der Waals surface area (Å²) in [6.07, 6.45) is 12.3. The van der Waals surface area contributed by atoms with Crippen LogP contribution in [0.15, 0.2) is 12.2 Å². The van der Waals surface area contributed by atoms with Crippen molar-refractivity contribution in [2.75, 3.05) is 32.9 Å². The van der Waals surface area contributed by atoms with Gasteiger partial charge in [0.2, 0.25) is 5.91 Å². The van der Waals surface area contributed by atoms with Crippen LogP contribution in [0.5, 0.6) is 0 Å². The molecule has 0 N–H and O–H groups in total. The van der Waals surface area contributed by atoms with Gasteiger partial charge in [0.25, 0.3) is 0 Å². The fourth-order valence-corrected chi connectivity index (χ4v) is 4.48. The van der Waals surface area contributed by atoms with Crippen LogP contribution in [0.2, 0.25) is 0 Å². The van der Waals surface area contributed by atoms with Crippen molar-refractivity contribution < 1.29 is 14.3 Å². The third-order valence-corrected chi connectivity index (χ3v) is 6.10. The van der Waals surface area contributed by atoms with Crippen LogP contribution in [0.4, 0.5) is 0 Å². The molecule has 2 aliphatic heterocycles. The Balaban J connectivity index is 1.41. The van der Waals surface area contributed by atoms with E-state index in [2.05, 4.69) is 17.1 Å². The van der Waals surface area contributed by atoms with Crippen molar-refractivity contribution >= 4 is 5.91 Å². The first-order valence-corrected chi connectivity index (χ1v) is 9.40. The molecule has 0 spiro atoms. The van der Waals surface area contributed by atoms with E-state index in [1.807, 2.05) is 0 Å². The number of nitrogens with zero attached hydrogens (tertiary/aromatic N) is 1. The molecule has 2 saturated heterocycles. The molecule has 2 aliphatic carbocycles. The standard InChI is InChI=1S/C19H29NO3/c21-18(16-4-1-2-5-16)20-10-8-17-19(13-20,9-3-11-23-17)14-22-12-15-6-7-15/h1-2,15-17H,3-14H2/t17-,19-/m0/s1. The Bertz CT molecular complexity index is 465. The highest BCUT2D eigenvalue weighted by molar-refractivity contribution is 5.79. The van der Waals surface area contributed by atoms with E-state index in [-0.39, 0.29) is 17.4 Å². The van der Waals surface area contributed by atoms with Gasteiger partial charge in [-0.2, -0.15) is 0 Å². The van der Waals surface area contributed by atoms with Gasteiger partial charge in [-0.3, -0.25) is 4.79 Å². The summed E-state index contributed by atoms with van der Waals surface area (Å²) in [5.41, 5.74) is 0.0348. The second-order valence-electron chi connectivity index (χ2n) is 7.97. The number of ether oxygens (including phenoxy) is 2. The van der Waals surface area contributed by atoms with Gasteiger partial charge < -0.3 is 14.4 Å². The zero-order valence-corrected chi connectivity index (χ0v) is 14.0. The molecule has 4 rings (SSSR count). The Morgan fingerprint density at radius 3 is 2.87 bits per heavy atom. The molecule has 1 amide bonds. The van der Waals surface area contributed by atoms with Crippen LogP contribution in [0.1, 0.15) is 44.9 Å². The molecule has 0 aromatic rings. The van der Waals surface area contributed by atoms with Crippen LogP contribution in [0.3, 0.4) is 0 Å². The molecule has 128 valence electrons. The summed E-state index contributed by atoms with van der Waals surface area (Å²) in [6.45, 7) is 4.22. The summed E-state index contributed by atoms with van der Waals surface area (Å²) >= 11 is 0. The molecule has 0 bridgehead atoms. The molecule has 4 heteroatoms. The predicted octanol–water partition coefficient (Wildman–Crippen LogP) is 2.78. The normalized spacial score (nSPS) is 34.6. The van der Waals surface area contributed by atoms with Crippen LogP contribution in [0, 0.1) is 17.3 Å². The maximum atomic E-state index is 12.8.